The van der Waals surface area contributed by atoms with Crippen LogP contribution in [-0.4, -0.2) is 0 Å². The molecule has 0 spiro atoms. The number of nitrogens with one attached hydrogen (secondary N) is 2. The van der Waals surface area contributed by atoms with Crippen LogP contribution in [0.25, 0.3) is 0 Å². The zero-order valence-electron chi connectivity index (χ0n) is 2.16. The quantitative estimate of drug-likeness (QED) is 0.462. The highest BCUT2D eigenvalue weighted by Gasteiger charge is 1.80. The van der Waals surface area contributed by atoms with Gasteiger partial charge < -0.3 is 0 Å². The summed E-state index contributed by atoms with van der Waals surface area (Å²) >= 11 is 0. The summed E-state index contributed by atoms with van der Waals surface area (Å²) in [4.78, 5) is 0. The molecule has 0 aliphatic carbocycles. The first-order valence-electron chi connectivity index (χ1n) is 0.717. The Hall–Kier alpha value is -0.190. The molecule has 0 atom stereocenters. The lowest BCUT2D eigenvalue weighted by Crippen LogP contribution is -1.59. The average Bonchev–Trinajstić information content (AvgIpc) is 0.722. The van der Waals surface area contributed by atoms with Gasteiger partial charge >= 0.3 is 0 Å². The highest BCUT2D eigenvalue weighted by Crippen LogP contribution is 1.90. The molecule has 0 rings (SSSR count). The monoisotopic (exact) mass is 100.0 g/mol. The minimum absolute atomic E-state index is 4.67. The normalized spacial score (nSPS) is 11.6. The Morgan fingerprint density at radius 2 is 1.20 bits per heavy atom. The standard InChI is InChI=1S/F2H2N2S/c1-5(2,3)4/h3-4H. The van der Waals surface area contributed by atoms with Gasteiger partial charge in [0.2, 0.25) is 0 Å². The molecule has 0 saturated carbocycles. The van der Waals surface area contributed by atoms with Crippen LogP contribution in [0, 0.1) is 9.56 Å². The molecule has 32 valence electrons. The molecular weight excluding hydrogens is 98.1 g/mol. The van der Waals surface area contributed by atoms with Crippen LogP contribution >= 0.6 is 0 Å². The topological polar surface area (TPSA) is 47.7 Å². The molecule has 2 N–H and O–H groups in total. The van der Waals surface area contributed by atoms with Gasteiger partial charge in [-0.25, -0.2) is 9.56 Å². The van der Waals surface area contributed by atoms with E-state index in [1.54, 1.807) is 0 Å². The summed E-state index contributed by atoms with van der Waals surface area (Å²) in [5.41, 5.74) is 0. The molecule has 5 heteroatoms. The van der Waals surface area contributed by atoms with E-state index in [0.717, 1.165) is 0 Å². The number of rotatable bonds is 0. The number of hydrogen-bond acceptors (Lipinski definition) is 2. The fourth-order valence-electron chi connectivity index (χ4n) is 0. The van der Waals surface area contributed by atoms with Crippen LogP contribution < -0.4 is 0 Å². The smallest absolute Gasteiger partial charge is 0.216 e. The molecule has 5 heavy (non-hydrogen) atoms. The minimum Gasteiger partial charge on any atom is -0.216 e. The van der Waals surface area contributed by atoms with Gasteiger partial charge in [0.1, 0.15) is 0 Å². The molecule has 0 radical (unpaired) electrons. The van der Waals surface area contributed by atoms with E-state index >= 15 is 0 Å². The van der Waals surface area contributed by atoms with Crippen molar-refractivity contribution in [3.05, 3.63) is 0 Å². The van der Waals surface area contributed by atoms with Crippen molar-refractivity contribution in [3.8, 4) is 0 Å². The SMILES string of the molecule is N=S(=N)(F)F. The van der Waals surface area contributed by atoms with Crippen LogP contribution in [0.15, 0.2) is 0 Å². The van der Waals surface area contributed by atoms with E-state index in [1.807, 2.05) is 0 Å². The predicted molar refractivity (Wildman–Crippen MR) is 15.0 cm³/mol. The molecular formula is H2F2N2S. The van der Waals surface area contributed by atoms with Gasteiger partial charge in [-0.1, -0.05) is 0 Å². The zero-order chi connectivity index (χ0) is 4.50. The van der Waals surface area contributed by atoms with E-state index in [9.17, 15) is 7.77 Å². The maximum atomic E-state index is 10.4. The second kappa shape index (κ2) is 0.891. The third kappa shape index (κ3) is 346. The molecule has 0 aromatic heterocycles. The largest absolute Gasteiger partial charge is 0.253 e. The maximum absolute atomic E-state index is 10.4. The summed E-state index contributed by atoms with van der Waals surface area (Å²) in [7, 11) is -4.67. The summed E-state index contributed by atoms with van der Waals surface area (Å²) in [5.74, 6) is 0. The van der Waals surface area contributed by atoms with Gasteiger partial charge in [0.25, 0.3) is 10.4 Å². The molecule has 0 aliphatic rings. The highest BCUT2D eigenvalue weighted by atomic mass is 32.3. The van der Waals surface area contributed by atoms with Crippen molar-refractivity contribution in [2.24, 2.45) is 0 Å². The van der Waals surface area contributed by atoms with Crippen molar-refractivity contribution in [2.75, 3.05) is 0 Å². The lowest BCUT2D eigenvalue weighted by atomic mass is 14.0. The van der Waals surface area contributed by atoms with E-state index in [0.29, 0.717) is 0 Å². The van der Waals surface area contributed by atoms with Crippen molar-refractivity contribution in [1.82, 2.24) is 0 Å². The van der Waals surface area contributed by atoms with Crippen molar-refractivity contribution in [1.29, 1.82) is 9.56 Å². The highest BCUT2D eigenvalue weighted by molar-refractivity contribution is 7.83. The first-order valence-corrected chi connectivity index (χ1v) is 2.15. The Bertz CT molecular complexity index is 90.8. The second-order valence-corrected chi connectivity index (χ2v) is 1.41. The third-order valence-electron chi connectivity index (χ3n) is 0. The van der Waals surface area contributed by atoms with E-state index in [1.165, 1.54) is 0 Å². The fraction of sp³-hybridized carbons (Fsp3) is 0. The molecule has 0 fully saturated rings. The predicted octanol–water partition coefficient (Wildman–Crippen LogP) is 1.43. The molecule has 0 amide bonds. The van der Waals surface area contributed by atoms with Crippen LogP contribution in [0.3, 0.4) is 0 Å². The summed E-state index contributed by atoms with van der Waals surface area (Å²) in [6.07, 6.45) is 0. The average molecular weight is 100 g/mol. The van der Waals surface area contributed by atoms with Gasteiger partial charge in [-0.05, 0) is 0 Å². The van der Waals surface area contributed by atoms with E-state index in [-0.39, 0.29) is 0 Å². The van der Waals surface area contributed by atoms with Crippen LogP contribution in [0.2, 0.25) is 0 Å². The summed E-state index contributed by atoms with van der Waals surface area (Å²) < 4.78 is 31.6. The summed E-state index contributed by atoms with van der Waals surface area (Å²) in [5, 5.41) is 0. The fourth-order valence-corrected chi connectivity index (χ4v) is 0. The first kappa shape index (κ1) is 4.81. The van der Waals surface area contributed by atoms with E-state index in [4.69, 9.17) is 9.56 Å². The number of hydrogen-bond donors (Lipinski definition) is 2. The van der Waals surface area contributed by atoms with Gasteiger partial charge in [0.05, 0.1) is 0 Å². The van der Waals surface area contributed by atoms with Crippen LogP contribution in [0.5, 0.6) is 0 Å². The van der Waals surface area contributed by atoms with Gasteiger partial charge in [0.15, 0.2) is 0 Å². The Balaban J connectivity index is 4.06. The molecule has 2 nitrogen and oxygen atoms in total. The molecule has 0 aromatic rings. The zero-order valence-corrected chi connectivity index (χ0v) is 2.98. The van der Waals surface area contributed by atoms with Crippen molar-refractivity contribution < 1.29 is 7.77 Å². The Labute approximate surface area is 28.8 Å². The third-order valence-corrected chi connectivity index (χ3v) is 0. The first-order chi connectivity index (χ1) is 2.00. The Kier molecular flexibility index (Phi) is 0.857. The molecule has 0 aromatic carbocycles. The van der Waals surface area contributed by atoms with Crippen molar-refractivity contribution >= 4 is 10.4 Å². The second-order valence-electron chi connectivity index (χ2n) is 0.469. The molecule has 0 aliphatic heterocycles. The van der Waals surface area contributed by atoms with Crippen molar-refractivity contribution in [2.45, 2.75) is 0 Å². The summed E-state index contributed by atoms with van der Waals surface area (Å²) in [6, 6.07) is 0. The lowest BCUT2D eigenvalue weighted by molar-refractivity contribution is 0.754. The van der Waals surface area contributed by atoms with Crippen LogP contribution in [-0.2, 0) is 10.4 Å². The van der Waals surface area contributed by atoms with Crippen LogP contribution in [0.1, 0.15) is 0 Å². The van der Waals surface area contributed by atoms with Gasteiger partial charge in [-0.15, -0.1) is 7.77 Å². The van der Waals surface area contributed by atoms with Gasteiger partial charge in [-0.3, -0.25) is 0 Å². The van der Waals surface area contributed by atoms with Gasteiger partial charge in [0, 0.05) is 0 Å². The maximum Gasteiger partial charge on any atom is 0.253 e. The minimum atomic E-state index is -4.67. The van der Waals surface area contributed by atoms with E-state index < -0.39 is 10.4 Å². The van der Waals surface area contributed by atoms with Crippen LogP contribution in [0.4, 0.5) is 7.77 Å². The summed E-state index contributed by atoms with van der Waals surface area (Å²) in [6.45, 7) is 0. The lowest BCUT2D eigenvalue weighted by Gasteiger charge is -1.69. The molecule has 0 bridgehead atoms. The molecule has 0 heterocycles. The number of halogens is 2. The Morgan fingerprint density at radius 3 is 1.20 bits per heavy atom. The van der Waals surface area contributed by atoms with Crippen molar-refractivity contribution in [3.63, 3.8) is 0 Å². The van der Waals surface area contributed by atoms with E-state index in [2.05, 4.69) is 0 Å². The molecule has 0 unspecified atom stereocenters. The van der Waals surface area contributed by atoms with Gasteiger partial charge in [-0.2, -0.15) is 0 Å². The molecule has 0 saturated heterocycles. The Morgan fingerprint density at radius 1 is 1.20 bits per heavy atom.